The maximum Gasteiger partial charge on any atom is 0.221 e. The number of nitrogens with zero attached hydrogens (tertiary/aromatic N) is 2. The van der Waals surface area contributed by atoms with Crippen LogP contribution in [-0.4, -0.2) is 29.9 Å². The van der Waals surface area contributed by atoms with Crippen LogP contribution in [-0.2, 0) is 4.79 Å². The average Bonchev–Trinajstić information content (AvgIpc) is 3.02. The fraction of sp³-hybridized carbons (Fsp3) is 0.846. The molecule has 0 radical (unpaired) electrons. The number of nitriles is 1. The van der Waals surface area contributed by atoms with Crippen LogP contribution >= 0.6 is 0 Å². The first-order valence-electron chi connectivity index (χ1n) is 6.47. The molecule has 0 spiro atoms. The third-order valence-electron chi connectivity index (χ3n) is 4.36. The van der Waals surface area contributed by atoms with E-state index in [1.165, 1.54) is 0 Å². The second-order valence-electron chi connectivity index (χ2n) is 5.79. The molecule has 2 aliphatic rings. The molecule has 1 aliphatic carbocycles. The molecule has 4 nitrogen and oxygen atoms in total. The highest BCUT2D eigenvalue weighted by Crippen LogP contribution is 2.49. The van der Waals surface area contributed by atoms with Gasteiger partial charge in [0.05, 0.1) is 12.0 Å². The van der Waals surface area contributed by atoms with Crippen LogP contribution in [0.2, 0.25) is 0 Å². The normalized spacial score (nSPS) is 31.8. The van der Waals surface area contributed by atoms with Gasteiger partial charge < -0.3 is 5.73 Å². The summed E-state index contributed by atoms with van der Waals surface area (Å²) in [5, 5.41) is 8.83. The van der Waals surface area contributed by atoms with Crippen LogP contribution in [0.4, 0.5) is 0 Å². The first-order valence-corrected chi connectivity index (χ1v) is 6.47. The van der Waals surface area contributed by atoms with Crippen molar-refractivity contribution in [2.75, 3.05) is 13.1 Å². The molecule has 2 fully saturated rings. The fourth-order valence-corrected chi connectivity index (χ4v) is 2.80. The van der Waals surface area contributed by atoms with Crippen molar-refractivity contribution in [1.82, 2.24) is 4.90 Å². The van der Waals surface area contributed by atoms with Gasteiger partial charge in [-0.15, -0.1) is 0 Å². The van der Waals surface area contributed by atoms with Crippen molar-refractivity contribution in [2.45, 2.75) is 45.1 Å². The zero-order valence-electron chi connectivity index (χ0n) is 10.5. The van der Waals surface area contributed by atoms with E-state index in [0.717, 1.165) is 38.8 Å². The van der Waals surface area contributed by atoms with Crippen LogP contribution in [0.3, 0.4) is 0 Å². The monoisotopic (exact) mass is 235 g/mol. The van der Waals surface area contributed by atoms with E-state index >= 15 is 0 Å². The molecule has 1 aliphatic heterocycles. The number of likely N-dealkylation sites (tertiary alicyclic amines) is 1. The van der Waals surface area contributed by atoms with Crippen LogP contribution in [0.1, 0.15) is 39.0 Å². The van der Waals surface area contributed by atoms with Crippen LogP contribution in [0.5, 0.6) is 0 Å². The van der Waals surface area contributed by atoms with E-state index in [2.05, 4.69) is 17.9 Å². The second kappa shape index (κ2) is 4.66. The number of carbonyl (C=O) groups is 1. The summed E-state index contributed by atoms with van der Waals surface area (Å²) in [5.74, 6) is -0.170. The Bertz CT molecular complexity index is 343. The molecule has 0 bridgehead atoms. The number of rotatable bonds is 4. The maximum absolute atomic E-state index is 11.3. The van der Waals surface area contributed by atoms with Crippen molar-refractivity contribution in [3.8, 4) is 6.07 Å². The molecular formula is C13H21N3O. The van der Waals surface area contributed by atoms with Gasteiger partial charge >= 0.3 is 0 Å². The van der Waals surface area contributed by atoms with E-state index in [0.29, 0.717) is 12.5 Å². The molecule has 1 saturated carbocycles. The van der Waals surface area contributed by atoms with Gasteiger partial charge in [0.15, 0.2) is 0 Å². The molecule has 1 heterocycles. The number of hydrogen-bond acceptors (Lipinski definition) is 3. The number of primary amides is 1. The first-order chi connectivity index (χ1) is 8.06. The van der Waals surface area contributed by atoms with Gasteiger partial charge in [-0.25, -0.2) is 0 Å². The van der Waals surface area contributed by atoms with Gasteiger partial charge in [-0.1, -0.05) is 0 Å². The van der Waals surface area contributed by atoms with Gasteiger partial charge in [0, 0.05) is 25.6 Å². The Morgan fingerprint density at radius 2 is 2.24 bits per heavy atom. The molecule has 0 aromatic rings. The Morgan fingerprint density at radius 3 is 2.76 bits per heavy atom. The zero-order valence-corrected chi connectivity index (χ0v) is 10.5. The number of piperidine rings is 1. The summed E-state index contributed by atoms with van der Waals surface area (Å²) in [6.07, 6.45) is 4.92. The molecule has 2 rings (SSSR count). The maximum atomic E-state index is 11.3. The lowest BCUT2D eigenvalue weighted by molar-refractivity contribution is -0.124. The van der Waals surface area contributed by atoms with E-state index in [1.807, 2.05) is 0 Å². The van der Waals surface area contributed by atoms with Crippen molar-refractivity contribution < 1.29 is 4.79 Å². The minimum Gasteiger partial charge on any atom is -0.369 e. The predicted octanol–water partition coefficient (Wildman–Crippen LogP) is 1.27. The summed E-state index contributed by atoms with van der Waals surface area (Å²) >= 11 is 0. The third-order valence-corrected chi connectivity index (χ3v) is 4.36. The van der Waals surface area contributed by atoms with Gasteiger partial charge in [0.25, 0.3) is 0 Å². The van der Waals surface area contributed by atoms with E-state index in [-0.39, 0.29) is 17.2 Å². The van der Waals surface area contributed by atoms with Gasteiger partial charge in [-0.2, -0.15) is 5.26 Å². The fourth-order valence-electron chi connectivity index (χ4n) is 2.80. The molecule has 4 heteroatoms. The summed E-state index contributed by atoms with van der Waals surface area (Å²) in [6, 6.07) is 2.81. The van der Waals surface area contributed by atoms with Crippen molar-refractivity contribution in [3.05, 3.63) is 0 Å². The number of amides is 1. The van der Waals surface area contributed by atoms with Gasteiger partial charge in [0.2, 0.25) is 5.91 Å². The van der Waals surface area contributed by atoms with Gasteiger partial charge in [-0.05, 0) is 38.0 Å². The largest absolute Gasteiger partial charge is 0.369 e. The average molecular weight is 235 g/mol. The Hall–Kier alpha value is -1.08. The van der Waals surface area contributed by atoms with Crippen LogP contribution in [0.15, 0.2) is 0 Å². The molecule has 2 unspecified atom stereocenters. The number of nitrogens with two attached hydrogens (primary N) is 1. The lowest BCUT2D eigenvalue weighted by Gasteiger charge is -2.38. The molecule has 1 amide bonds. The molecule has 0 aromatic carbocycles. The summed E-state index contributed by atoms with van der Waals surface area (Å²) in [6.45, 7) is 3.95. The third kappa shape index (κ3) is 2.78. The molecule has 94 valence electrons. The van der Waals surface area contributed by atoms with Crippen molar-refractivity contribution in [1.29, 1.82) is 5.26 Å². The SMILES string of the molecule is CC1CCC(C(N)=O)CN1CC1(CC#N)CC1. The summed E-state index contributed by atoms with van der Waals surface area (Å²) in [5.41, 5.74) is 5.62. The molecule has 17 heavy (non-hydrogen) atoms. The lowest BCUT2D eigenvalue weighted by atomic mass is 9.91. The molecule has 2 N–H and O–H groups in total. The second-order valence-corrected chi connectivity index (χ2v) is 5.79. The Kier molecular flexibility index (Phi) is 3.39. The number of hydrogen-bond donors (Lipinski definition) is 1. The van der Waals surface area contributed by atoms with E-state index in [4.69, 9.17) is 11.0 Å². The summed E-state index contributed by atoms with van der Waals surface area (Å²) < 4.78 is 0. The molecular weight excluding hydrogens is 214 g/mol. The highest BCUT2D eigenvalue weighted by Gasteiger charge is 2.45. The van der Waals surface area contributed by atoms with E-state index < -0.39 is 0 Å². The van der Waals surface area contributed by atoms with Crippen LogP contribution < -0.4 is 5.73 Å². The van der Waals surface area contributed by atoms with Gasteiger partial charge in [0.1, 0.15) is 0 Å². The highest BCUT2D eigenvalue weighted by atomic mass is 16.1. The quantitative estimate of drug-likeness (QED) is 0.797. The Labute approximate surface area is 103 Å². The Balaban J connectivity index is 1.94. The van der Waals surface area contributed by atoms with Crippen LogP contribution in [0, 0.1) is 22.7 Å². The van der Waals surface area contributed by atoms with Crippen LogP contribution in [0.25, 0.3) is 0 Å². The van der Waals surface area contributed by atoms with E-state index in [1.54, 1.807) is 0 Å². The highest BCUT2D eigenvalue weighted by molar-refractivity contribution is 5.76. The number of carbonyl (C=O) groups excluding carboxylic acids is 1. The van der Waals surface area contributed by atoms with Gasteiger partial charge in [-0.3, -0.25) is 9.69 Å². The minimum atomic E-state index is -0.174. The summed E-state index contributed by atoms with van der Waals surface area (Å²) in [4.78, 5) is 13.6. The zero-order chi connectivity index (χ0) is 12.5. The van der Waals surface area contributed by atoms with Crippen molar-refractivity contribution in [3.63, 3.8) is 0 Å². The molecule has 2 atom stereocenters. The minimum absolute atomic E-state index is 0.00378. The molecule has 0 aromatic heterocycles. The standard InChI is InChI=1S/C13H21N3O/c1-10-2-3-11(12(15)17)8-16(10)9-13(4-5-13)6-7-14/h10-11H,2-6,8-9H2,1H3,(H2,15,17). The smallest absolute Gasteiger partial charge is 0.221 e. The lowest BCUT2D eigenvalue weighted by Crippen LogP contribution is -2.47. The summed E-state index contributed by atoms with van der Waals surface area (Å²) in [7, 11) is 0. The molecule has 1 saturated heterocycles. The first kappa shape index (κ1) is 12.4. The Morgan fingerprint density at radius 1 is 1.53 bits per heavy atom. The predicted molar refractivity (Wildman–Crippen MR) is 64.9 cm³/mol. The van der Waals surface area contributed by atoms with E-state index in [9.17, 15) is 4.79 Å². The van der Waals surface area contributed by atoms with Crippen molar-refractivity contribution in [2.24, 2.45) is 17.1 Å². The van der Waals surface area contributed by atoms with Crippen molar-refractivity contribution >= 4 is 5.91 Å². The topological polar surface area (TPSA) is 70.1 Å².